The van der Waals surface area contributed by atoms with Crippen molar-refractivity contribution in [1.29, 1.82) is 0 Å². The first-order valence-electron chi connectivity index (χ1n) is 6.08. The molecule has 1 aliphatic rings. The molecule has 2 rings (SSSR count). The van der Waals surface area contributed by atoms with Crippen molar-refractivity contribution in [2.24, 2.45) is 5.41 Å². The summed E-state index contributed by atoms with van der Waals surface area (Å²) < 4.78 is 5.57. The van der Waals surface area contributed by atoms with E-state index in [2.05, 4.69) is 18.7 Å². The zero-order chi connectivity index (χ0) is 12.5. The number of benzene rings is 1. The summed E-state index contributed by atoms with van der Waals surface area (Å²) in [6, 6.07) is 10.3. The summed E-state index contributed by atoms with van der Waals surface area (Å²) in [6.07, 6.45) is 1.08. The molecule has 1 aromatic carbocycles. The van der Waals surface area contributed by atoms with Crippen LogP contribution in [0.1, 0.15) is 25.8 Å². The Balaban J connectivity index is 1.96. The second-order valence-corrected chi connectivity index (χ2v) is 5.25. The summed E-state index contributed by atoms with van der Waals surface area (Å²) in [7, 11) is 0. The van der Waals surface area contributed by atoms with Crippen LogP contribution in [0, 0.1) is 5.41 Å². The average Bonchev–Trinajstić information content (AvgIpc) is 2.52. The van der Waals surface area contributed by atoms with Gasteiger partial charge in [0, 0.05) is 5.41 Å². The maximum atomic E-state index is 9.81. The fraction of sp³-hybridized carbons (Fsp3) is 0.467. The first-order valence-corrected chi connectivity index (χ1v) is 6.08. The van der Waals surface area contributed by atoms with Gasteiger partial charge in [-0.05, 0) is 24.0 Å². The molecule has 92 valence electrons. The molecule has 0 spiro atoms. The van der Waals surface area contributed by atoms with E-state index in [4.69, 9.17) is 4.74 Å². The van der Waals surface area contributed by atoms with Crippen molar-refractivity contribution in [2.75, 3.05) is 0 Å². The van der Waals surface area contributed by atoms with Gasteiger partial charge >= 0.3 is 0 Å². The van der Waals surface area contributed by atoms with Crippen LogP contribution in [-0.2, 0) is 11.2 Å². The Hall–Kier alpha value is -1.12. The van der Waals surface area contributed by atoms with Crippen LogP contribution in [-0.4, -0.2) is 17.5 Å². The molecule has 2 atom stereocenters. The van der Waals surface area contributed by atoms with Gasteiger partial charge < -0.3 is 9.84 Å². The van der Waals surface area contributed by atoms with Gasteiger partial charge in [0.25, 0.3) is 0 Å². The van der Waals surface area contributed by atoms with Gasteiger partial charge in [0.05, 0.1) is 6.10 Å². The lowest BCUT2D eigenvalue weighted by Gasteiger charge is -2.21. The van der Waals surface area contributed by atoms with Crippen molar-refractivity contribution in [3.05, 3.63) is 48.0 Å². The van der Waals surface area contributed by atoms with E-state index in [1.54, 1.807) is 0 Å². The first-order chi connectivity index (χ1) is 8.01. The number of hydrogen-bond donors (Lipinski definition) is 1. The average molecular weight is 232 g/mol. The summed E-state index contributed by atoms with van der Waals surface area (Å²) in [5.41, 5.74) is 1.96. The van der Waals surface area contributed by atoms with E-state index in [0.717, 1.165) is 18.4 Å². The number of hydrogen-bond acceptors (Lipinski definition) is 2. The quantitative estimate of drug-likeness (QED) is 0.812. The number of aliphatic hydroxyl groups excluding tert-OH is 1. The normalized spacial score (nSPS) is 27.4. The monoisotopic (exact) mass is 232 g/mol. The van der Waals surface area contributed by atoms with Crippen LogP contribution in [0.15, 0.2) is 42.5 Å². The third-order valence-electron chi connectivity index (χ3n) is 3.66. The van der Waals surface area contributed by atoms with Gasteiger partial charge in [-0.3, -0.25) is 0 Å². The number of rotatable bonds is 3. The first kappa shape index (κ1) is 12.3. The van der Waals surface area contributed by atoms with E-state index < -0.39 is 6.29 Å². The van der Waals surface area contributed by atoms with Crippen molar-refractivity contribution >= 4 is 0 Å². The molecular weight excluding hydrogens is 212 g/mol. The minimum absolute atomic E-state index is 0.0276. The predicted octanol–water partition coefficient (Wildman–Crippen LogP) is 2.92. The van der Waals surface area contributed by atoms with Crippen LogP contribution in [0.2, 0.25) is 0 Å². The van der Waals surface area contributed by atoms with Crippen molar-refractivity contribution in [2.45, 2.75) is 39.1 Å². The van der Waals surface area contributed by atoms with Crippen molar-refractivity contribution in [3.63, 3.8) is 0 Å². The molecule has 17 heavy (non-hydrogen) atoms. The molecule has 0 bridgehead atoms. The van der Waals surface area contributed by atoms with Gasteiger partial charge in [-0.1, -0.05) is 50.8 Å². The van der Waals surface area contributed by atoms with Gasteiger partial charge in [0.2, 0.25) is 0 Å². The lowest BCUT2D eigenvalue weighted by Crippen LogP contribution is -2.24. The molecule has 1 N–H and O–H groups in total. The fourth-order valence-electron chi connectivity index (χ4n) is 2.17. The van der Waals surface area contributed by atoms with E-state index in [1.165, 1.54) is 5.56 Å². The van der Waals surface area contributed by atoms with Crippen molar-refractivity contribution in [1.82, 2.24) is 0 Å². The van der Waals surface area contributed by atoms with E-state index in [9.17, 15) is 5.11 Å². The summed E-state index contributed by atoms with van der Waals surface area (Å²) in [5, 5.41) is 9.81. The smallest absolute Gasteiger partial charge is 0.164 e. The second-order valence-electron chi connectivity index (χ2n) is 5.25. The Bertz CT molecular complexity index is 395. The van der Waals surface area contributed by atoms with E-state index in [0.29, 0.717) is 0 Å². The Kier molecular flexibility index (Phi) is 3.36. The molecule has 1 aromatic rings. The highest BCUT2D eigenvalue weighted by Crippen LogP contribution is 2.41. The standard InChI is InChI=1S/C15H20O2/c1-11-13(17-14(16)15(11,2)3)10-9-12-7-5-4-6-8-12/h4-8,13-14,16H,1,9-10H2,2-3H3. The van der Waals surface area contributed by atoms with Crippen molar-refractivity contribution in [3.8, 4) is 0 Å². The van der Waals surface area contributed by atoms with Gasteiger partial charge in [0.15, 0.2) is 6.29 Å². The maximum Gasteiger partial charge on any atom is 0.164 e. The van der Waals surface area contributed by atoms with Gasteiger partial charge in [0.1, 0.15) is 0 Å². The van der Waals surface area contributed by atoms with E-state index in [1.807, 2.05) is 32.0 Å². The van der Waals surface area contributed by atoms with Crippen LogP contribution < -0.4 is 0 Å². The van der Waals surface area contributed by atoms with Crippen LogP contribution >= 0.6 is 0 Å². The summed E-state index contributed by atoms with van der Waals surface area (Å²) in [4.78, 5) is 0. The molecule has 0 saturated carbocycles. The summed E-state index contributed by atoms with van der Waals surface area (Å²) >= 11 is 0. The van der Waals surface area contributed by atoms with Crippen molar-refractivity contribution < 1.29 is 9.84 Å². The second kappa shape index (κ2) is 4.63. The third-order valence-corrected chi connectivity index (χ3v) is 3.66. The predicted molar refractivity (Wildman–Crippen MR) is 68.6 cm³/mol. The Morgan fingerprint density at radius 1 is 1.29 bits per heavy atom. The molecule has 1 saturated heterocycles. The lowest BCUT2D eigenvalue weighted by molar-refractivity contribution is -0.127. The van der Waals surface area contributed by atoms with Crippen LogP contribution in [0.3, 0.4) is 0 Å². The molecule has 2 unspecified atom stereocenters. The summed E-state index contributed by atoms with van der Waals surface area (Å²) in [5.74, 6) is 0. The molecule has 2 heteroatoms. The molecule has 2 nitrogen and oxygen atoms in total. The highest BCUT2D eigenvalue weighted by atomic mass is 16.6. The zero-order valence-corrected chi connectivity index (χ0v) is 10.5. The van der Waals surface area contributed by atoms with Crippen LogP contribution in [0.5, 0.6) is 0 Å². The SMILES string of the molecule is C=C1C(CCc2ccccc2)OC(O)C1(C)C. The largest absolute Gasteiger partial charge is 0.367 e. The molecule has 0 radical (unpaired) electrons. The molecule has 1 aliphatic heterocycles. The highest BCUT2D eigenvalue weighted by Gasteiger charge is 2.43. The molecule has 1 heterocycles. The minimum atomic E-state index is -0.726. The number of aliphatic hydroxyl groups is 1. The molecule has 0 aliphatic carbocycles. The Morgan fingerprint density at radius 2 is 1.94 bits per heavy atom. The topological polar surface area (TPSA) is 29.5 Å². The molecule has 1 fully saturated rings. The Labute approximate surface area is 103 Å². The third kappa shape index (κ3) is 2.43. The fourth-order valence-corrected chi connectivity index (χ4v) is 2.17. The Morgan fingerprint density at radius 3 is 2.47 bits per heavy atom. The number of ether oxygens (including phenoxy) is 1. The highest BCUT2D eigenvalue weighted by molar-refractivity contribution is 5.20. The van der Waals surface area contributed by atoms with E-state index in [-0.39, 0.29) is 11.5 Å². The van der Waals surface area contributed by atoms with Gasteiger partial charge in [-0.25, -0.2) is 0 Å². The number of aryl methyl sites for hydroxylation is 1. The van der Waals surface area contributed by atoms with Gasteiger partial charge in [-0.15, -0.1) is 0 Å². The minimum Gasteiger partial charge on any atom is -0.367 e. The van der Waals surface area contributed by atoms with Crippen LogP contribution in [0.25, 0.3) is 0 Å². The van der Waals surface area contributed by atoms with Gasteiger partial charge in [-0.2, -0.15) is 0 Å². The molecule has 0 amide bonds. The lowest BCUT2D eigenvalue weighted by atomic mass is 9.83. The zero-order valence-electron chi connectivity index (χ0n) is 10.5. The summed E-state index contributed by atoms with van der Waals surface area (Å²) in [6.45, 7) is 8.02. The van der Waals surface area contributed by atoms with E-state index >= 15 is 0 Å². The van der Waals surface area contributed by atoms with Crippen LogP contribution in [0.4, 0.5) is 0 Å². The molecular formula is C15H20O2. The molecule has 0 aromatic heterocycles. The maximum absolute atomic E-state index is 9.81.